The molecule has 0 amide bonds. The van der Waals surface area contributed by atoms with Gasteiger partial charge in [0.2, 0.25) is 0 Å². The summed E-state index contributed by atoms with van der Waals surface area (Å²) in [7, 11) is 0. The summed E-state index contributed by atoms with van der Waals surface area (Å²) in [6, 6.07) is 0. The fourth-order valence-electron chi connectivity index (χ4n) is 2.14. The van der Waals surface area contributed by atoms with Crippen LogP contribution in [0.4, 0.5) is 0 Å². The summed E-state index contributed by atoms with van der Waals surface area (Å²) in [5.74, 6) is 1.41. The predicted molar refractivity (Wildman–Crippen MR) is 33.6 cm³/mol. The van der Waals surface area contributed by atoms with Crippen molar-refractivity contribution >= 4 is 5.71 Å². The molecule has 0 aromatic carbocycles. The van der Waals surface area contributed by atoms with Crippen molar-refractivity contribution in [2.45, 2.75) is 25.7 Å². The summed E-state index contributed by atoms with van der Waals surface area (Å²) in [4.78, 5) is 0. The maximum atomic E-state index is 10.1. The molecule has 0 N–H and O–H groups in total. The van der Waals surface area contributed by atoms with Gasteiger partial charge in [-0.05, 0) is 36.8 Å². The van der Waals surface area contributed by atoms with Crippen molar-refractivity contribution in [1.29, 1.82) is 0 Å². The van der Waals surface area contributed by atoms with Crippen molar-refractivity contribution in [1.82, 2.24) is 0 Å². The zero-order valence-electron chi connectivity index (χ0n) is 5.34. The second-order valence-corrected chi connectivity index (χ2v) is 3.16. The van der Waals surface area contributed by atoms with Gasteiger partial charge in [-0.1, -0.05) is 0 Å². The molecule has 0 saturated heterocycles. The van der Waals surface area contributed by atoms with Gasteiger partial charge >= 0.3 is 0 Å². The lowest BCUT2D eigenvalue weighted by atomic mass is 9.99. The summed E-state index contributed by atoms with van der Waals surface area (Å²) >= 11 is 0. The van der Waals surface area contributed by atoms with E-state index < -0.39 is 0 Å². The van der Waals surface area contributed by atoms with Crippen LogP contribution >= 0.6 is 0 Å². The number of nitrogens with zero attached hydrogens (tertiary/aromatic N) is 1. The quantitative estimate of drug-likeness (QED) is 0.439. The molecular formula is C7H10NO. The van der Waals surface area contributed by atoms with Crippen LogP contribution in [-0.2, 0) is 5.21 Å². The van der Waals surface area contributed by atoms with Crippen molar-refractivity contribution in [3.63, 3.8) is 0 Å². The summed E-state index contributed by atoms with van der Waals surface area (Å²) < 4.78 is 0. The van der Waals surface area contributed by atoms with Gasteiger partial charge in [0.15, 0.2) is 0 Å². The van der Waals surface area contributed by atoms with E-state index in [0.717, 1.165) is 18.1 Å². The zero-order chi connectivity index (χ0) is 6.27. The molecule has 2 aliphatic rings. The molecule has 2 aliphatic carbocycles. The number of fused-ring (bicyclic) bond motifs is 2. The molecule has 0 spiro atoms. The first-order chi connectivity index (χ1) is 4.40. The molecule has 2 heteroatoms. The van der Waals surface area contributed by atoms with E-state index in [1.54, 1.807) is 0 Å². The Morgan fingerprint density at radius 2 is 2.33 bits per heavy atom. The van der Waals surface area contributed by atoms with Crippen LogP contribution in [0.1, 0.15) is 25.7 Å². The third-order valence-electron chi connectivity index (χ3n) is 2.63. The Morgan fingerprint density at radius 1 is 1.44 bits per heavy atom. The summed E-state index contributed by atoms with van der Waals surface area (Å²) in [6.45, 7) is 0. The minimum Gasteiger partial charge on any atom is -0.145 e. The molecule has 0 unspecified atom stereocenters. The van der Waals surface area contributed by atoms with Gasteiger partial charge in [0.1, 0.15) is 0 Å². The molecule has 0 heterocycles. The molecular weight excluding hydrogens is 114 g/mol. The monoisotopic (exact) mass is 124 g/mol. The zero-order valence-corrected chi connectivity index (χ0v) is 5.34. The second kappa shape index (κ2) is 1.72. The van der Waals surface area contributed by atoms with Crippen LogP contribution in [0.3, 0.4) is 0 Å². The van der Waals surface area contributed by atoms with E-state index in [2.05, 4.69) is 5.16 Å². The molecule has 2 rings (SSSR count). The largest absolute Gasteiger partial charge is 0.145 e. The van der Waals surface area contributed by atoms with Gasteiger partial charge in [0.05, 0.1) is 5.71 Å². The average molecular weight is 124 g/mol. The Labute approximate surface area is 54.6 Å². The minimum absolute atomic E-state index is 0.590. The van der Waals surface area contributed by atoms with E-state index in [9.17, 15) is 5.21 Å². The van der Waals surface area contributed by atoms with Crippen LogP contribution in [0.2, 0.25) is 0 Å². The first kappa shape index (κ1) is 5.27. The SMILES string of the molecule is [O]/N=C1\C[C@H]2CC[C@@H]1C2. The lowest BCUT2D eigenvalue weighted by Crippen LogP contribution is -2.08. The lowest BCUT2D eigenvalue weighted by Gasteiger charge is -2.07. The van der Waals surface area contributed by atoms with Gasteiger partial charge in [-0.2, -0.15) is 0 Å². The van der Waals surface area contributed by atoms with Gasteiger partial charge in [-0.3, -0.25) is 0 Å². The smallest absolute Gasteiger partial charge is 0.0657 e. The van der Waals surface area contributed by atoms with Gasteiger partial charge in [-0.15, -0.1) is 5.21 Å². The van der Waals surface area contributed by atoms with Crippen molar-refractivity contribution in [3.05, 3.63) is 0 Å². The van der Waals surface area contributed by atoms with Crippen molar-refractivity contribution in [2.24, 2.45) is 17.0 Å². The molecule has 9 heavy (non-hydrogen) atoms. The third kappa shape index (κ3) is 0.655. The predicted octanol–water partition coefficient (Wildman–Crippen LogP) is 1.59. The van der Waals surface area contributed by atoms with E-state index in [0.29, 0.717) is 5.92 Å². The molecule has 2 atom stereocenters. The molecule has 2 bridgehead atoms. The normalized spacial score (nSPS) is 44.7. The Hall–Kier alpha value is -0.530. The molecule has 49 valence electrons. The fraction of sp³-hybridized carbons (Fsp3) is 0.857. The van der Waals surface area contributed by atoms with Crippen LogP contribution in [0.5, 0.6) is 0 Å². The van der Waals surface area contributed by atoms with E-state index >= 15 is 0 Å². The number of rotatable bonds is 0. The highest BCUT2D eigenvalue weighted by atomic mass is 16.4. The maximum Gasteiger partial charge on any atom is 0.0657 e. The van der Waals surface area contributed by atoms with Crippen LogP contribution in [0.15, 0.2) is 5.16 Å². The van der Waals surface area contributed by atoms with Gasteiger partial charge in [-0.25, -0.2) is 0 Å². The Balaban J connectivity index is 2.18. The molecule has 0 aromatic heterocycles. The molecule has 1 radical (unpaired) electrons. The third-order valence-corrected chi connectivity index (χ3v) is 2.63. The van der Waals surface area contributed by atoms with Gasteiger partial charge < -0.3 is 0 Å². The van der Waals surface area contributed by atoms with Crippen molar-refractivity contribution < 1.29 is 5.21 Å². The van der Waals surface area contributed by atoms with E-state index in [4.69, 9.17) is 0 Å². The van der Waals surface area contributed by atoms with Crippen molar-refractivity contribution in [2.75, 3.05) is 0 Å². The van der Waals surface area contributed by atoms with Crippen LogP contribution in [0, 0.1) is 11.8 Å². The van der Waals surface area contributed by atoms with Crippen LogP contribution in [0.25, 0.3) is 0 Å². The lowest BCUT2D eigenvalue weighted by molar-refractivity contribution is 0.206. The fourth-order valence-corrected chi connectivity index (χ4v) is 2.14. The molecule has 0 aromatic rings. The maximum absolute atomic E-state index is 10.1. The highest BCUT2D eigenvalue weighted by Crippen LogP contribution is 2.42. The molecule has 2 nitrogen and oxygen atoms in total. The summed E-state index contributed by atoms with van der Waals surface area (Å²) in [5, 5.41) is 13.1. The summed E-state index contributed by atoms with van der Waals surface area (Å²) in [6.07, 6.45) is 4.82. The average Bonchev–Trinajstić information content (AvgIpc) is 2.45. The Bertz CT molecular complexity index is 153. The van der Waals surface area contributed by atoms with E-state index in [1.807, 2.05) is 0 Å². The van der Waals surface area contributed by atoms with Gasteiger partial charge in [0.25, 0.3) is 0 Å². The second-order valence-electron chi connectivity index (χ2n) is 3.16. The molecule has 2 fully saturated rings. The topological polar surface area (TPSA) is 32.3 Å². The highest BCUT2D eigenvalue weighted by molar-refractivity contribution is 5.89. The minimum atomic E-state index is 0.590. The number of hydrogen-bond acceptors (Lipinski definition) is 1. The molecule has 0 aliphatic heterocycles. The Morgan fingerprint density at radius 3 is 2.67 bits per heavy atom. The van der Waals surface area contributed by atoms with Crippen LogP contribution in [-0.4, -0.2) is 5.71 Å². The first-order valence-corrected chi connectivity index (χ1v) is 3.59. The molecule has 2 saturated carbocycles. The van der Waals surface area contributed by atoms with E-state index in [-0.39, 0.29) is 0 Å². The highest BCUT2D eigenvalue weighted by Gasteiger charge is 2.37. The van der Waals surface area contributed by atoms with Crippen molar-refractivity contribution in [3.8, 4) is 0 Å². The first-order valence-electron chi connectivity index (χ1n) is 3.59. The van der Waals surface area contributed by atoms with Gasteiger partial charge in [0, 0.05) is 5.92 Å². The Kier molecular flexibility index (Phi) is 1.01. The number of hydrogen-bond donors (Lipinski definition) is 0. The standard InChI is InChI=1S/C7H10NO/c9-8-7-4-5-1-2-6(7)3-5/h5-6H,1-4H2/b8-7+/t5-,6+/m0/s1. The van der Waals surface area contributed by atoms with Crippen LogP contribution < -0.4 is 0 Å². The summed E-state index contributed by atoms with van der Waals surface area (Å²) in [5.41, 5.74) is 0.950. The van der Waals surface area contributed by atoms with E-state index in [1.165, 1.54) is 19.3 Å².